The fourth-order valence-corrected chi connectivity index (χ4v) is 2.58. The Labute approximate surface area is 113 Å². The number of carbonyl (C=O) groups is 1. The molecule has 1 aliphatic rings. The molecule has 0 unspecified atom stereocenters. The first-order valence-corrected chi connectivity index (χ1v) is 6.67. The Kier molecular flexibility index (Phi) is 4.27. The largest absolute Gasteiger partial charge is 0.761 e. The molecular weight excluding hydrogens is 242 g/mol. The molecule has 3 N–H and O–H groups in total. The predicted molar refractivity (Wildman–Crippen MR) is 77.4 cm³/mol. The van der Waals surface area contributed by atoms with Crippen molar-refractivity contribution >= 4 is 17.3 Å². The second kappa shape index (κ2) is 5.93. The highest BCUT2D eigenvalue weighted by Crippen LogP contribution is 2.26. The molecule has 0 saturated heterocycles. The van der Waals surface area contributed by atoms with E-state index in [0.29, 0.717) is 16.9 Å². The summed E-state index contributed by atoms with van der Waals surface area (Å²) in [6.45, 7) is 1.87. The lowest BCUT2D eigenvalue weighted by atomic mass is 10.0. The molecular formula is C14H20N3O2-. The van der Waals surface area contributed by atoms with Gasteiger partial charge in [-0.15, -0.1) is 0 Å². The quantitative estimate of drug-likeness (QED) is 0.729. The Morgan fingerprint density at radius 1 is 1.26 bits per heavy atom. The third kappa shape index (κ3) is 2.98. The molecule has 0 bridgehead atoms. The van der Waals surface area contributed by atoms with Gasteiger partial charge in [0, 0.05) is 24.3 Å². The molecule has 0 spiro atoms. The lowest BCUT2D eigenvalue weighted by molar-refractivity contribution is 0.0937. The zero-order valence-corrected chi connectivity index (χ0v) is 11.4. The molecule has 1 aliphatic carbocycles. The molecule has 0 atom stereocenters. The van der Waals surface area contributed by atoms with E-state index in [0.717, 1.165) is 18.4 Å². The minimum absolute atomic E-state index is 0.0939. The van der Waals surface area contributed by atoms with Gasteiger partial charge in [-0.2, -0.15) is 0 Å². The van der Waals surface area contributed by atoms with Crippen molar-refractivity contribution in [2.45, 2.75) is 38.6 Å². The van der Waals surface area contributed by atoms with E-state index in [2.05, 4.69) is 10.6 Å². The van der Waals surface area contributed by atoms with Gasteiger partial charge in [0.25, 0.3) is 5.91 Å². The number of hydrogen-bond acceptors (Lipinski definition) is 4. The predicted octanol–water partition coefficient (Wildman–Crippen LogP) is 2.62. The first-order valence-electron chi connectivity index (χ1n) is 6.67. The fourth-order valence-electron chi connectivity index (χ4n) is 2.58. The van der Waals surface area contributed by atoms with Gasteiger partial charge in [0.15, 0.2) is 0 Å². The van der Waals surface area contributed by atoms with Gasteiger partial charge < -0.3 is 21.3 Å². The lowest BCUT2D eigenvalue weighted by Gasteiger charge is -2.19. The summed E-state index contributed by atoms with van der Waals surface area (Å²) in [6, 6.07) is 3.70. The van der Waals surface area contributed by atoms with Crippen molar-refractivity contribution in [2.24, 2.45) is 0 Å². The molecule has 104 valence electrons. The minimum Gasteiger partial charge on any atom is -0.761 e. The summed E-state index contributed by atoms with van der Waals surface area (Å²) in [5, 5.41) is 16.9. The molecule has 1 aromatic rings. The van der Waals surface area contributed by atoms with Crippen LogP contribution in [0.5, 0.6) is 0 Å². The maximum atomic E-state index is 12.2. The molecule has 0 heterocycles. The molecule has 0 aliphatic heterocycles. The smallest absolute Gasteiger partial charge is 0.251 e. The van der Waals surface area contributed by atoms with Crippen LogP contribution in [-0.2, 0) is 0 Å². The van der Waals surface area contributed by atoms with Crippen molar-refractivity contribution in [2.75, 3.05) is 17.8 Å². The van der Waals surface area contributed by atoms with Crippen LogP contribution in [0.15, 0.2) is 12.1 Å². The van der Waals surface area contributed by atoms with E-state index < -0.39 is 0 Å². The van der Waals surface area contributed by atoms with E-state index in [4.69, 9.17) is 0 Å². The number of amides is 1. The molecule has 1 fully saturated rings. The molecule has 0 radical (unpaired) electrons. The SMILES string of the molecule is CNc1cc(C)c(C(=O)NC2CCCC2)cc1N[O-]. The Bertz CT molecular complexity index is 468. The normalized spacial score (nSPS) is 15.3. The molecule has 5 heteroatoms. The third-order valence-corrected chi connectivity index (χ3v) is 3.68. The van der Waals surface area contributed by atoms with Crippen molar-refractivity contribution in [1.29, 1.82) is 0 Å². The van der Waals surface area contributed by atoms with E-state index in [-0.39, 0.29) is 11.9 Å². The average Bonchev–Trinajstić information content (AvgIpc) is 2.90. The summed E-state index contributed by atoms with van der Waals surface area (Å²) in [4.78, 5) is 12.2. The standard InChI is InChI=1S/C14H20N3O2/c1-9-7-12(15-2)13(17-19)8-11(9)14(18)16-10-5-3-4-6-10/h7-8,10,15,17H,3-6H2,1-2H3,(H,16,18)/q-1. The second-order valence-corrected chi connectivity index (χ2v) is 5.02. The van der Waals surface area contributed by atoms with Gasteiger partial charge in [-0.05, 0) is 37.5 Å². The van der Waals surface area contributed by atoms with E-state index in [1.165, 1.54) is 12.8 Å². The lowest BCUT2D eigenvalue weighted by Crippen LogP contribution is -2.33. The average molecular weight is 262 g/mol. The van der Waals surface area contributed by atoms with Crippen molar-refractivity contribution in [1.82, 2.24) is 5.32 Å². The zero-order valence-electron chi connectivity index (χ0n) is 11.4. The van der Waals surface area contributed by atoms with Gasteiger partial charge >= 0.3 is 0 Å². The number of anilines is 2. The van der Waals surface area contributed by atoms with Crippen LogP contribution in [0.25, 0.3) is 0 Å². The first kappa shape index (κ1) is 13.7. The highest BCUT2D eigenvalue weighted by Gasteiger charge is 2.19. The van der Waals surface area contributed by atoms with Gasteiger partial charge in [0.2, 0.25) is 0 Å². The number of benzene rings is 1. The maximum absolute atomic E-state index is 12.2. The second-order valence-electron chi connectivity index (χ2n) is 5.02. The molecule has 1 saturated carbocycles. The topological polar surface area (TPSA) is 76.2 Å². The van der Waals surface area contributed by atoms with Crippen LogP contribution in [0, 0.1) is 12.1 Å². The molecule has 0 aromatic heterocycles. The zero-order chi connectivity index (χ0) is 13.8. The summed E-state index contributed by atoms with van der Waals surface area (Å²) in [6.07, 6.45) is 4.45. The molecule has 5 nitrogen and oxygen atoms in total. The number of nitrogens with one attached hydrogen (secondary N) is 3. The minimum atomic E-state index is -0.0939. The van der Waals surface area contributed by atoms with E-state index in [9.17, 15) is 10.0 Å². The van der Waals surface area contributed by atoms with Gasteiger partial charge in [0.1, 0.15) is 0 Å². The number of hydrogen-bond donors (Lipinski definition) is 3. The summed E-state index contributed by atoms with van der Waals surface area (Å²) in [7, 11) is 1.74. The van der Waals surface area contributed by atoms with Crippen LogP contribution in [0.3, 0.4) is 0 Å². The Morgan fingerprint density at radius 2 is 1.95 bits per heavy atom. The van der Waals surface area contributed by atoms with Crippen molar-refractivity contribution in [3.8, 4) is 0 Å². The fraction of sp³-hybridized carbons (Fsp3) is 0.500. The summed E-state index contributed by atoms with van der Waals surface area (Å²) >= 11 is 0. The van der Waals surface area contributed by atoms with E-state index in [1.54, 1.807) is 13.1 Å². The number of aryl methyl sites for hydroxylation is 1. The maximum Gasteiger partial charge on any atom is 0.251 e. The highest BCUT2D eigenvalue weighted by atomic mass is 16.5. The third-order valence-electron chi connectivity index (χ3n) is 3.68. The van der Waals surface area contributed by atoms with Crippen LogP contribution in [-0.4, -0.2) is 19.0 Å². The van der Waals surface area contributed by atoms with E-state index >= 15 is 0 Å². The monoisotopic (exact) mass is 262 g/mol. The van der Waals surface area contributed by atoms with Crippen LogP contribution in [0.2, 0.25) is 0 Å². The molecule has 2 rings (SSSR count). The molecule has 1 aromatic carbocycles. The van der Waals surface area contributed by atoms with Crippen molar-refractivity contribution in [3.63, 3.8) is 0 Å². The highest BCUT2D eigenvalue weighted by molar-refractivity contribution is 5.98. The van der Waals surface area contributed by atoms with Crippen LogP contribution in [0.4, 0.5) is 11.4 Å². The Hall–Kier alpha value is -1.75. The van der Waals surface area contributed by atoms with Gasteiger partial charge in [-0.25, -0.2) is 0 Å². The van der Waals surface area contributed by atoms with Crippen molar-refractivity contribution < 1.29 is 4.79 Å². The molecule has 19 heavy (non-hydrogen) atoms. The first-order chi connectivity index (χ1) is 9.15. The van der Waals surface area contributed by atoms with Crippen LogP contribution in [0.1, 0.15) is 41.6 Å². The van der Waals surface area contributed by atoms with Gasteiger partial charge in [0.05, 0.1) is 5.69 Å². The van der Waals surface area contributed by atoms with Crippen molar-refractivity contribution in [3.05, 3.63) is 28.5 Å². The summed E-state index contributed by atoms with van der Waals surface area (Å²) < 4.78 is 0. The number of carbonyl (C=O) groups excluding carboxylic acids is 1. The van der Waals surface area contributed by atoms with Crippen LogP contribution < -0.4 is 16.1 Å². The molecule has 1 amide bonds. The number of rotatable bonds is 4. The summed E-state index contributed by atoms with van der Waals surface area (Å²) in [5.74, 6) is -0.0939. The Morgan fingerprint density at radius 3 is 2.53 bits per heavy atom. The summed E-state index contributed by atoms with van der Waals surface area (Å²) in [5.41, 5.74) is 4.38. The van der Waals surface area contributed by atoms with E-state index in [1.807, 2.05) is 18.5 Å². The van der Waals surface area contributed by atoms with Gasteiger partial charge in [-0.3, -0.25) is 4.79 Å². The Balaban J connectivity index is 2.20. The van der Waals surface area contributed by atoms with Crippen LogP contribution >= 0.6 is 0 Å². The van der Waals surface area contributed by atoms with Gasteiger partial charge in [-0.1, -0.05) is 12.8 Å².